The van der Waals surface area contributed by atoms with Gasteiger partial charge in [0.2, 0.25) is 0 Å². The highest BCUT2D eigenvalue weighted by Crippen LogP contribution is 2.19. The van der Waals surface area contributed by atoms with E-state index in [-0.39, 0.29) is 6.61 Å². The van der Waals surface area contributed by atoms with Gasteiger partial charge in [-0.3, -0.25) is 4.90 Å². The molecule has 0 radical (unpaired) electrons. The Morgan fingerprint density at radius 1 is 1.33 bits per heavy atom. The molecule has 0 aromatic carbocycles. The minimum Gasteiger partial charge on any atom is -0.395 e. The summed E-state index contributed by atoms with van der Waals surface area (Å²) in [6.45, 7) is 2.17. The molecule has 0 aliphatic carbocycles. The smallest absolute Gasteiger partial charge is 0.187 e. The van der Waals surface area contributed by atoms with E-state index >= 15 is 0 Å². The van der Waals surface area contributed by atoms with E-state index in [0.29, 0.717) is 6.04 Å². The van der Waals surface area contributed by atoms with E-state index in [2.05, 4.69) is 14.9 Å². The van der Waals surface area contributed by atoms with Crippen molar-refractivity contribution in [3.63, 3.8) is 0 Å². The highest BCUT2D eigenvalue weighted by atomic mass is 32.2. The Hall–Kier alpha value is -0.650. The Kier molecular flexibility index (Phi) is 5.41. The normalized spacial score (nSPS) is 21.8. The van der Waals surface area contributed by atoms with Crippen molar-refractivity contribution in [2.45, 2.75) is 43.4 Å². The molecule has 1 N–H and O–H groups in total. The number of likely N-dealkylation sites (tertiary alicyclic amines) is 1. The molecule has 1 aromatic heterocycles. The van der Waals surface area contributed by atoms with Crippen LogP contribution in [0.2, 0.25) is 0 Å². The molecule has 0 bridgehead atoms. The lowest BCUT2D eigenvalue weighted by molar-refractivity contribution is 0.118. The van der Waals surface area contributed by atoms with Crippen LogP contribution in [0.25, 0.3) is 0 Å². The van der Waals surface area contributed by atoms with Crippen LogP contribution in [-0.4, -0.2) is 45.4 Å². The molecule has 100 valence electrons. The molecule has 1 atom stereocenters. The zero-order valence-corrected chi connectivity index (χ0v) is 11.7. The number of aliphatic hydroxyl groups excluding tert-OH is 1. The van der Waals surface area contributed by atoms with E-state index in [9.17, 15) is 5.11 Å². The summed E-state index contributed by atoms with van der Waals surface area (Å²) in [6.07, 6.45) is 10.6. The summed E-state index contributed by atoms with van der Waals surface area (Å²) in [4.78, 5) is 11.0. The Morgan fingerprint density at radius 2 is 2.11 bits per heavy atom. The van der Waals surface area contributed by atoms with Crippen LogP contribution in [0.4, 0.5) is 0 Å². The minimum atomic E-state index is 0.254. The van der Waals surface area contributed by atoms with Crippen molar-refractivity contribution >= 4 is 11.8 Å². The van der Waals surface area contributed by atoms with Crippen LogP contribution < -0.4 is 0 Å². The Morgan fingerprint density at radius 3 is 2.78 bits per heavy atom. The Bertz CT molecular complexity index is 358. The fourth-order valence-corrected chi connectivity index (χ4v) is 2.73. The first kappa shape index (κ1) is 13.8. The van der Waals surface area contributed by atoms with Crippen LogP contribution in [-0.2, 0) is 6.54 Å². The second-order valence-electron chi connectivity index (χ2n) is 4.73. The summed E-state index contributed by atoms with van der Waals surface area (Å²) < 4.78 is 0. The van der Waals surface area contributed by atoms with Crippen molar-refractivity contribution in [3.05, 3.63) is 18.0 Å². The number of nitrogens with zero attached hydrogens (tertiary/aromatic N) is 3. The molecule has 1 aliphatic rings. The van der Waals surface area contributed by atoms with Gasteiger partial charge in [0, 0.05) is 30.5 Å². The van der Waals surface area contributed by atoms with Gasteiger partial charge in [-0.1, -0.05) is 24.6 Å². The van der Waals surface area contributed by atoms with E-state index < -0.39 is 0 Å². The van der Waals surface area contributed by atoms with Gasteiger partial charge in [-0.05, 0) is 25.6 Å². The average molecular weight is 267 g/mol. The van der Waals surface area contributed by atoms with E-state index in [1.54, 1.807) is 11.8 Å². The lowest BCUT2D eigenvalue weighted by Gasteiger charge is -2.28. The van der Waals surface area contributed by atoms with E-state index in [0.717, 1.165) is 30.2 Å². The average Bonchev–Trinajstić information content (AvgIpc) is 2.64. The Balaban J connectivity index is 2.00. The molecule has 1 aliphatic heterocycles. The predicted octanol–water partition coefficient (Wildman–Crippen LogP) is 1.94. The van der Waals surface area contributed by atoms with Crippen molar-refractivity contribution < 1.29 is 5.11 Å². The summed E-state index contributed by atoms with van der Waals surface area (Å²) in [7, 11) is 0. The lowest BCUT2D eigenvalue weighted by atomic mass is 10.1. The quantitative estimate of drug-likeness (QED) is 0.667. The fourth-order valence-electron chi connectivity index (χ4n) is 2.42. The number of hydrogen-bond donors (Lipinski definition) is 1. The molecule has 18 heavy (non-hydrogen) atoms. The van der Waals surface area contributed by atoms with Crippen molar-refractivity contribution in [2.75, 3.05) is 19.4 Å². The van der Waals surface area contributed by atoms with Gasteiger partial charge in [0.25, 0.3) is 0 Å². The molecule has 1 unspecified atom stereocenters. The number of thioether (sulfide) groups is 1. The van der Waals surface area contributed by atoms with E-state index in [4.69, 9.17) is 0 Å². The van der Waals surface area contributed by atoms with Crippen molar-refractivity contribution in [1.82, 2.24) is 14.9 Å². The summed E-state index contributed by atoms with van der Waals surface area (Å²) in [5.41, 5.74) is 1.13. The molecular formula is C13H21N3OS. The van der Waals surface area contributed by atoms with Crippen molar-refractivity contribution in [1.29, 1.82) is 0 Å². The van der Waals surface area contributed by atoms with Crippen molar-refractivity contribution in [3.8, 4) is 0 Å². The van der Waals surface area contributed by atoms with Gasteiger partial charge in [-0.2, -0.15) is 0 Å². The topological polar surface area (TPSA) is 49.2 Å². The van der Waals surface area contributed by atoms with Gasteiger partial charge in [-0.15, -0.1) is 0 Å². The largest absolute Gasteiger partial charge is 0.395 e. The minimum absolute atomic E-state index is 0.254. The van der Waals surface area contributed by atoms with Gasteiger partial charge in [0.15, 0.2) is 5.16 Å². The summed E-state index contributed by atoms with van der Waals surface area (Å²) >= 11 is 1.56. The third-order valence-corrected chi connectivity index (χ3v) is 4.04. The lowest BCUT2D eigenvalue weighted by Crippen LogP contribution is -2.36. The fraction of sp³-hybridized carbons (Fsp3) is 0.692. The number of aliphatic hydroxyl groups is 1. The molecular weight excluding hydrogens is 246 g/mol. The third-order valence-electron chi connectivity index (χ3n) is 3.46. The number of rotatable bonds is 4. The maximum Gasteiger partial charge on any atom is 0.187 e. The second-order valence-corrected chi connectivity index (χ2v) is 5.51. The van der Waals surface area contributed by atoms with Crippen LogP contribution in [0.15, 0.2) is 17.6 Å². The second kappa shape index (κ2) is 7.07. The van der Waals surface area contributed by atoms with E-state index in [1.807, 2.05) is 18.6 Å². The Labute approximate surface area is 113 Å². The highest BCUT2D eigenvalue weighted by Gasteiger charge is 2.20. The molecule has 5 heteroatoms. The first-order valence-electron chi connectivity index (χ1n) is 6.53. The maximum absolute atomic E-state index is 9.47. The van der Waals surface area contributed by atoms with Crippen LogP contribution in [0, 0.1) is 0 Å². The summed E-state index contributed by atoms with van der Waals surface area (Å²) in [6, 6.07) is 0.299. The number of aromatic nitrogens is 2. The molecule has 2 heterocycles. The number of hydrogen-bond acceptors (Lipinski definition) is 5. The van der Waals surface area contributed by atoms with Crippen LogP contribution in [0.3, 0.4) is 0 Å². The summed E-state index contributed by atoms with van der Waals surface area (Å²) in [5, 5.41) is 10.3. The van der Waals surface area contributed by atoms with Crippen LogP contribution in [0.5, 0.6) is 0 Å². The van der Waals surface area contributed by atoms with Crippen LogP contribution >= 0.6 is 11.8 Å². The molecule has 0 spiro atoms. The predicted molar refractivity (Wildman–Crippen MR) is 73.6 cm³/mol. The van der Waals surface area contributed by atoms with Crippen molar-refractivity contribution in [2.24, 2.45) is 0 Å². The SMILES string of the molecule is CSc1ncc(CN2CCCCCC2CO)cn1. The third kappa shape index (κ3) is 3.67. The van der Waals surface area contributed by atoms with E-state index in [1.165, 1.54) is 19.3 Å². The first-order chi connectivity index (χ1) is 8.83. The molecule has 2 rings (SSSR count). The maximum atomic E-state index is 9.47. The monoisotopic (exact) mass is 267 g/mol. The summed E-state index contributed by atoms with van der Waals surface area (Å²) in [5.74, 6) is 0. The molecule has 1 fully saturated rings. The van der Waals surface area contributed by atoms with Gasteiger partial charge >= 0.3 is 0 Å². The molecule has 1 saturated heterocycles. The molecule has 0 saturated carbocycles. The first-order valence-corrected chi connectivity index (χ1v) is 7.76. The highest BCUT2D eigenvalue weighted by molar-refractivity contribution is 7.98. The standard InChI is InChI=1S/C13H21N3OS/c1-18-13-14-7-11(8-15-13)9-16-6-4-2-3-5-12(16)10-17/h7-8,12,17H,2-6,9-10H2,1H3. The zero-order chi connectivity index (χ0) is 12.8. The van der Waals surface area contributed by atoms with Gasteiger partial charge in [0.1, 0.15) is 0 Å². The van der Waals surface area contributed by atoms with Gasteiger partial charge in [-0.25, -0.2) is 9.97 Å². The molecule has 4 nitrogen and oxygen atoms in total. The van der Waals surface area contributed by atoms with Crippen LogP contribution in [0.1, 0.15) is 31.2 Å². The van der Waals surface area contributed by atoms with Gasteiger partial charge < -0.3 is 5.11 Å². The van der Waals surface area contributed by atoms with Gasteiger partial charge in [0.05, 0.1) is 6.61 Å². The zero-order valence-electron chi connectivity index (χ0n) is 10.9. The molecule has 0 amide bonds. The molecule has 1 aromatic rings.